The van der Waals surface area contributed by atoms with Crippen molar-refractivity contribution in [1.82, 2.24) is 0 Å². The predicted octanol–water partition coefficient (Wildman–Crippen LogP) is 2.62. The van der Waals surface area contributed by atoms with Crippen LogP contribution in [0, 0.1) is 6.92 Å². The average Bonchev–Trinajstić information content (AvgIpc) is 2.34. The molecule has 2 rings (SSSR count). The summed E-state index contributed by atoms with van der Waals surface area (Å²) in [6.07, 6.45) is 0. The summed E-state index contributed by atoms with van der Waals surface area (Å²) < 4.78 is 22.9. The maximum atomic E-state index is 11.4. The molecular weight excluding hydrogens is 298 g/mol. The molecule has 0 aliphatic heterocycles. The number of hydrogen-bond acceptors (Lipinski definition) is 4. The Hall–Kier alpha value is -1.76. The highest BCUT2D eigenvalue weighted by atomic mass is 35.5. The molecule has 0 fully saturated rings. The molecule has 0 aliphatic rings. The van der Waals surface area contributed by atoms with Crippen molar-refractivity contribution in [2.75, 3.05) is 11.1 Å². The fraction of sp³-hybridized carbons (Fsp3) is 0.0769. The van der Waals surface area contributed by atoms with Crippen molar-refractivity contribution in [1.29, 1.82) is 0 Å². The van der Waals surface area contributed by atoms with Crippen LogP contribution >= 0.6 is 11.6 Å². The largest absolute Gasteiger partial charge is 0.396 e. The molecule has 0 spiro atoms. The first-order chi connectivity index (χ1) is 9.30. The van der Waals surface area contributed by atoms with Gasteiger partial charge in [-0.15, -0.1) is 0 Å². The zero-order chi connectivity index (χ0) is 14.9. The van der Waals surface area contributed by atoms with Crippen molar-refractivity contribution >= 4 is 38.7 Å². The van der Waals surface area contributed by atoms with E-state index in [4.69, 9.17) is 22.5 Å². The molecule has 20 heavy (non-hydrogen) atoms. The highest BCUT2D eigenvalue weighted by Crippen LogP contribution is 2.33. The molecule has 0 heterocycles. The van der Waals surface area contributed by atoms with E-state index in [1.807, 2.05) is 19.1 Å². The lowest BCUT2D eigenvalue weighted by Gasteiger charge is -2.14. The molecule has 5 nitrogen and oxygen atoms in total. The van der Waals surface area contributed by atoms with Gasteiger partial charge in [0.25, 0.3) is 0 Å². The molecule has 0 amide bonds. The normalized spacial score (nSPS) is 11.3. The van der Waals surface area contributed by atoms with Gasteiger partial charge in [0.1, 0.15) is 4.90 Å². The molecule has 106 valence electrons. The average molecular weight is 312 g/mol. The van der Waals surface area contributed by atoms with Gasteiger partial charge in [-0.2, -0.15) is 0 Å². The highest BCUT2D eigenvalue weighted by molar-refractivity contribution is 7.89. The van der Waals surface area contributed by atoms with Crippen LogP contribution in [0.3, 0.4) is 0 Å². The summed E-state index contributed by atoms with van der Waals surface area (Å²) in [6.45, 7) is 1.88. The Balaban J connectivity index is 2.51. The molecule has 0 aromatic heterocycles. The van der Waals surface area contributed by atoms with Crippen LogP contribution in [-0.2, 0) is 10.0 Å². The molecule has 0 saturated carbocycles. The van der Waals surface area contributed by atoms with E-state index in [-0.39, 0.29) is 10.6 Å². The third-order valence-electron chi connectivity index (χ3n) is 2.85. The van der Waals surface area contributed by atoms with Crippen molar-refractivity contribution in [2.24, 2.45) is 5.14 Å². The summed E-state index contributed by atoms with van der Waals surface area (Å²) in [5.74, 6) is 0. The third-order valence-corrected chi connectivity index (χ3v) is 4.14. The number of hydrogen-bond donors (Lipinski definition) is 3. The van der Waals surface area contributed by atoms with Gasteiger partial charge in [0.2, 0.25) is 10.0 Å². The first-order valence-corrected chi connectivity index (χ1v) is 7.66. The van der Waals surface area contributed by atoms with E-state index in [0.717, 1.165) is 5.56 Å². The van der Waals surface area contributed by atoms with Crippen molar-refractivity contribution in [2.45, 2.75) is 11.8 Å². The molecule has 7 heteroatoms. The second-order valence-corrected chi connectivity index (χ2v) is 6.26. The number of primary sulfonamides is 1. The van der Waals surface area contributed by atoms with Crippen LogP contribution in [0.4, 0.5) is 17.1 Å². The molecule has 5 N–H and O–H groups in total. The molecule has 0 saturated heterocycles. The predicted molar refractivity (Wildman–Crippen MR) is 81.7 cm³/mol. The minimum absolute atomic E-state index is 0.0642. The van der Waals surface area contributed by atoms with E-state index in [1.54, 1.807) is 18.2 Å². The van der Waals surface area contributed by atoms with Crippen LogP contribution in [0.15, 0.2) is 41.3 Å². The smallest absolute Gasteiger partial charge is 0.240 e. The van der Waals surface area contributed by atoms with Gasteiger partial charge in [-0.05, 0) is 30.7 Å². The standard InChI is InChI=1S/C13H14ClN3O2S/c1-8-4-2-5-9(14)13(8)17-10-6-3-7-11(12(10)15)20(16,18)19/h2-7,17H,15H2,1H3,(H2,16,18,19). The van der Waals surface area contributed by atoms with Gasteiger partial charge in [-0.25, -0.2) is 13.6 Å². The Kier molecular flexibility index (Phi) is 3.89. The number of nitrogens with one attached hydrogen (secondary N) is 1. The van der Waals surface area contributed by atoms with E-state index in [2.05, 4.69) is 5.32 Å². The fourth-order valence-corrected chi connectivity index (χ4v) is 2.78. The lowest BCUT2D eigenvalue weighted by atomic mass is 10.2. The Bertz CT molecular complexity index is 740. The second-order valence-electron chi connectivity index (χ2n) is 4.32. The Morgan fingerprint density at radius 2 is 1.80 bits per heavy atom. The fourth-order valence-electron chi connectivity index (χ4n) is 1.83. The zero-order valence-corrected chi connectivity index (χ0v) is 12.3. The van der Waals surface area contributed by atoms with E-state index in [0.29, 0.717) is 16.4 Å². The number of rotatable bonds is 3. The van der Waals surface area contributed by atoms with Crippen molar-refractivity contribution in [3.63, 3.8) is 0 Å². The van der Waals surface area contributed by atoms with Gasteiger partial charge in [-0.3, -0.25) is 0 Å². The maximum absolute atomic E-state index is 11.4. The number of nitrogens with two attached hydrogens (primary N) is 2. The minimum Gasteiger partial charge on any atom is -0.396 e. The van der Waals surface area contributed by atoms with E-state index >= 15 is 0 Å². The number of aryl methyl sites for hydroxylation is 1. The highest BCUT2D eigenvalue weighted by Gasteiger charge is 2.15. The zero-order valence-electron chi connectivity index (χ0n) is 10.7. The number of benzene rings is 2. The summed E-state index contributed by atoms with van der Waals surface area (Å²) in [5.41, 5.74) is 7.94. The minimum atomic E-state index is -3.87. The number of halogens is 1. The van der Waals surface area contributed by atoms with Crippen LogP contribution in [0.1, 0.15) is 5.56 Å². The lowest BCUT2D eigenvalue weighted by Crippen LogP contribution is -2.15. The molecule has 2 aromatic rings. The molecule has 2 aromatic carbocycles. The summed E-state index contributed by atoms with van der Waals surface area (Å²) >= 11 is 6.12. The monoisotopic (exact) mass is 311 g/mol. The first kappa shape index (κ1) is 14.6. The SMILES string of the molecule is Cc1cccc(Cl)c1Nc1cccc(S(N)(=O)=O)c1N. The summed E-state index contributed by atoms with van der Waals surface area (Å²) in [5, 5.41) is 8.68. The quantitative estimate of drug-likeness (QED) is 0.759. The van der Waals surface area contributed by atoms with Gasteiger partial charge in [-0.1, -0.05) is 29.8 Å². The van der Waals surface area contributed by atoms with Crippen molar-refractivity contribution < 1.29 is 8.42 Å². The van der Waals surface area contributed by atoms with Crippen LogP contribution < -0.4 is 16.2 Å². The van der Waals surface area contributed by atoms with Crippen LogP contribution in [0.25, 0.3) is 0 Å². The Labute approximate surface area is 122 Å². The molecule has 0 unspecified atom stereocenters. The summed E-state index contributed by atoms with van der Waals surface area (Å²) in [6, 6.07) is 10.0. The second kappa shape index (κ2) is 5.32. The van der Waals surface area contributed by atoms with E-state index in [1.165, 1.54) is 6.07 Å². The molecular formula is C13H14ClN3O2S. The Morgan fingerprint density at radius 3 is 2.40 bits per heavy atom. The Morgan fingerprint density at radius 1 is 1.15 bits per heavy atom. The molecule has 0 radical (unpaired) electrons. The lowest BCUT2D eigenvalue weighted by molar-refractivity contribution is 0.598. The third kappa shape index (κ3) is 2.87. The molecule has 0 bridgehead atoms. The number of anilines is 3. The van der Waals surface area contributed by atoms with Crippen molar-refractivity contribution in [3.05, 3.63) is 47.0 Å². The number of nitrogen functional groups attached to an aromatic ring is 1. The molecule has 0 atom stereocenters. The van der Waals surface area contributed by atoms with Crippen LogP contribution in [0.5, 0.6) is 0 Å². The first-order valence-electron chi connectivity index (χ1n) is 5.74. The van der Waals surface area contributed by atoms with Crippen molar-refractivity contribution in [3.8, 4) is 0 Å². The van der Waals surface area contributed by atoms with Gasteiger partial charge in [0, 0.05) is 0 Å². The molecule has 0 aliphatic carbocycles. The number of sulfonamides is 1. The van der Waals surface area contributed by atoms with Gasteiger partial charge in [0.15, 0.2) is 0 Å². The van der Waals surface area contributed by atoms with Gasteiger partial charge >= 0.3 is 0 Å². The van der Waals surface area contributed by atoms with E-state index < -0.39 is 10.0 Å². The van der Waals surface area contributed by atoms with Gasteiger partial charge in [0.05, 0.1) is 22.1 Å². The number of para-hydroxylation sites is 2. The van der Waals surface area contributed by atoms with Gasteiger partial charge < -0.3 is 11.1 Å². The summed E-state index contributed by atoms with van der Waals surface area (Å²) in [4.78, 5) is -0.118. The summed E-state index contributed by atoms with van der Waals surface area (Å²) in [7, 11) is -3.87. The van der Waals surface area contributed by atoms with E-state index in [9.17, 15) is 8.42 Å². The maximum Gasteiger partial charge on any atom is 0.240 e. The van der Waals surface area contributed by atoms with Crippen LogP contribution in [0.2, 0.25) is 5.02 Å². The topological polar surface area (TPSA) is 98.2 Å². The van der Waals surface area contributed by atoms with Crippen LogP contribution in [-0.4, -0.2) is 8.42 Å².